The minimum atomic E-state index is -1.20. The highest BCUT2D eigenvalue weighted by molar-refractivity contribution is 6.30. The van der Waals surface area contributed by atoms with Crippen LogP contribution in [0.15, 0.2) is 42.5 Å². The lowest BCUT2D eigenvalue weighted by Gasteiger charge is -2.28. The summed E-state index contributed by atoms with van der Waals surface area (Å²) in [5.74, 6) is -0.928. The van der Waals surface area contributed by atoms with E-state index < -0.39 is 11.5 Å². The molecule has 2 aromatic rings. The molecule has 110 valence electrons. The second-order valence-corrected chi connectivity index (χ2v) is 5.87. The molecule has 0 spiro atoms. The maximum Gasteiger partial charge on any atom is 0.333 e. The minimum Gasteiger partial charge on any atom is -0.479 e. The Hall–Kier alpha value is -2.00. The number of benzene rings is 2. The topological polar surface area (TPSA) is 49.3 Å². The number of aryl methyl sites for hydroxylation is 2. The summed E-state index contributed by atoms with van der Waals surface area (Å²) < 4.78 is 0. The summed E-state index contributed by atoms with van der Waals surface area (Å²) in [5.41, 5.74) is 2.31. The Labute approximate surface area is 129 Å². The minimum absolute atomic E-state index is 0.615. The van der Waals surface area contributed by atoms with Gasteiger partial charge in [0, 0.05) is 10.7 Å². The van der Waals surface area contributed by atoms with E-state index in [1.54, 1.807) is 31.2 Å². The maximum absolute atomic E-state index is 11.8. The Morgan fingerprint density at radius 2 is 1.62 bits per heavy atom. The van der Waals surface area contributed by atoms with Crippen molar-refractivity contribution in [3.63, 3.8) is 0 Å². The van der Waals surface area contributed by atoms with E-state index in [1.165, 1.54) is 0 Å². The van der Waals surface area contributed by atoms with Crippen molar-refractivity contribution >= 4 is 23.3 Å². The third-order valence-electron chi connectivity index (χ3n) is 3.47. The predicted octanol–water partition coefficient (Wildman–Crippen LogP) is 4.37. The zero-order valence-corrected chi connectivity index (χ0v) is 13.0. The van der Waals surface area contributed by atoms with Crippen molar-refractivity contribution in [2.24, 2.45) is 0 Å². The largest absolute Gasteiger partial charge is 0.479 e. The van der Waals surface area contributed by atoms with Crippen molar-refractivity contribution in [1.29, 1.82) is 0 Å². The number of nitrogens with one attached hydrogen (secondary N) is 1. The molecule has 1 atom stereocenters. The summed E-state index contributed by atoms with van der Waals surface area (Å²) in [6.07, 6.45) is 0. The molecule has 4 heteroatoms. The third kappa shape index (κ3) is 3.37. The number of aliphatic carboxylic acids is 1. The molecule has 0 heterocycles. The summed E-state index contributed by atoms with van der Waals surface area (Å²) in [6, 6.07) is 12.8. The van der Waals surface area contributed by atoms with Crippen LogP contribution in [-0.2, 0) is 10.3 Å². The van der Waals surface area contributed by atoms with E-state index in [0.717, 1.165) is 16.7 Å². The Kier molecular flexibility index (Phi) is 4.24. The van der Waals surface area contributed by atoms with Gasteiger partial charge in [-0.2, -0.15) is 0 Å². The van der Waals surface area contributed by atoms with E-state index >= 15 is 0 Å². The second kappa shape index (κ2) is 5.78. The van der Waals surface area contributed by atoms with E-state index in [9.17, 15) is 9.90 Å². The van der Waals surface area contributed by atoms with Crippen LogP contribution in [0, 0.1) is 13.8 Å². The van der Waals surface area contributed by atoms with Crippen LogP contribution in [-0.4, -0.2) is 11.1 Å². The van der Waals surface area contributed by atoms with E-state index in [-0.39, 0.29) is 0 Å². The molecule has 0 saturated heterocycles. The zero-order valence-electron chi connectivity index (χ0n) is 12.3. The molecular formula is C17H18ClNO2. The number of halogens is 1. The Bertz CT molecular complexity index is 647. The molecule has 0 aliphatic rings. The smallest absolute Gasteiger partial charge is 0.333 e. The van der Waals surface area contributed by atoms with Gasteiger partial charge in [0.05, 0.1) is 0 Å². The quantitative estimate of drug-likeness (QED) is 0.882. The van der Waals surface area contributed by atoms with Crippen molar-refractivity contribution < 1.29 is 9.90 Å². The zero-order chi connectivity index (χ0) is 15.6. The number of anilines is 1. The van der Waals surface area contributed by atoms with Crippen molar-refractivity contribution in [2.75, 3.05) is 5.32 Å². The van der Waals surface area contributed by atoms with Gasteiger partial charge in [-0.15, -0.1) is 0 Å². The van der Waals surface area contributed by atoms with E-state index in [2.05, 4.69) is 5.32 Å². The molecular weight excluding hydrogens is 286 g/mol. The highest BCUT2D eigenvalue weighted by Crippen LogP contribution is 2.28. The molecule has 0 amide bonds. The summed E-state index contributed by atoms with van der Waals surface area (Å²) in [4.78, 5) is 11.8. The molecule has 0 radical (unpaired) electrons. The van der Waals surface area contributed by atoms with Crippen LogP contribution in [0.5, 0.6) is 0 Å². The van der Waals surface area contributed by atoms with Gasteiger partial charge in [0.1, 0.15) is 0 Å². The van der Waals surface area contributed by atoms with Crippen LogP contribution >= 0.6 is 11.6 Å². The van der Waals surface area contributed by atoms with Crippen molar-refractivity contribution in [1.82, 2.24) is 0 Å². The molecule has 1 unspecified atom stereocenters. The lowest BCUT2D eigenvalue weighted by atomic mass is 9.89. The first-order valence-corrected chi connectivity index (χ1v) is 7.05. The van der Waals surface area contributed by atoms with Gasteiger partial charge >= 0.3 is 5.97 Å². The monoisotopic (exact) mass is 303 g/mol. The third-order valence-corrected chi connectivity index (χ3v) is 3.72. The van der Waals surface area contributed by atoms with Gasteiger partial charge in [0.2, 0.25) is 0 Å². The van der Waals surface area contributed by atoms with Gasteiger partial charge in [-0.05, 0) is 50.6 Å². The first-order chi connectivity index (χ1) is 9.81. The average Bonchev–Trinajstić information content (AvgIpc) is 2.40. The van der Waals surface area contributed by atoms with E-state index in [4.69, 9.17) is 11.6 Å². The summed E-state index contributed by atoms with van der Waals surface area (Å²) >= 11 is 5.86. The Balaban J connectivity index is 2.44. The molecule has 2 rings (SSSR count). The van der Waals surface area contributed by atoms with Gasteiger partial charge in [-0.3, -0.25) is 0 Å². The van der Waals surface area contributed by atoms with Crippen LogP contribution < -0.4 is 5.32 Å². The fourth-order valence-corrected chi connectivity index (χ4v) is 2.46. The normalized spacial score (nSPS) is 13.5. The lowest BCUT2D eigenvalue weighted by Crippen LogP contribution is -2.40. The summed E-state index contributed by atoms with van der Waals surface area (Å²) in [7, 11) is 0. The first-order valence-electron chi connectivity index (χ1n) is 6.67. The lowest BCUT2D eigenvalue weighted by molar-refractivity contribution is -0.142. The van der Waals surface area contributed by atoms with Crippen molar-refractivity contribution in [3.05, 3.63) is 64.2 Å². The molecule has 0 aliphatic carbocycles. The van der Waals surface area contributed by atoms with Gasteiger partial charge in [-0.1, -0.05) is 40.9 Å². The molecule has 2 aromatic carbocycles. The number of hydrogen-bond acceptors (Lipinski definition) is 2. The molecule has 3 nitrogen and oxygen atoms in total. The maximum atomic E-state index is 11.8. The Morgan fingerprint density at radius 1 is 1.10 bits per heavy atom. The molecule has 2 N–H and O–H groups in total. The number of carbonyl (C=O) groups is 1. The Morgan fingerprint density at radius 3 is 2.10 bits per heavy atom. The van der Waals surface area contributed by atoms with Crippen LogP contribution in [0.25, 0.3) is 0 Å². The van der Waals surface area contributed by atoms with Crippen LogP contribution in [0.4, 0.5) is 5.69 Å². The fraction of sp³-hybridized carbons (Fsp3) is 0.235. The summed E-state index contributed by atoms with van der Waals surface area (Å²) in [5, 5.41) is 13.4. The van der Waals surface area contributed by atoms with Gasteiger partial charge < -0.3 is 10.4 Å². The standard InChI is InChI=1S/C17H18ClNO2/c1-11-8-12(2)10-13(9-11)17(3,16(20)21)19-15-6-4-14(18)5-7-15/h4-10,19H,1-3H3,(H,20,21). The number of hydrogen-bond donors (Lipinski definition) is 2. The highest BCUT2D eigenvalue weighted by atomic mass is 35.5. The van der Waals surface area contributed by atoms with Crippen molar-refractivity contribution in [3.8, 4) is 0 Å². The molecule has 0 aromatic heterocycles. The molecule has 0 aliphatic heterocycles. The van der Waals surface area contributed by atoms with E-state index in [1.807, 2.05) is 32.0 Å². The molecule has 21 heavy (non-hydrogen) atoms. The highest BCUT2D eigenvalue weighted by Gasteiger charge is 2.35. The first kappa shape index (κ1) is 15.4. The van der Waals surface area contributed by atoms with Crippen LogP contribution in [0.2, 0.25) is 5.02 Å². The number of carboxylic acid groups (broad SMARTS) is 1. The predicted molar refractivity (Wildman–Crippen MR) is 86.0 cm³/mol. The number of rotatable bonds is 4. The van der Waals surface area contributed by atoms with Gasteiger partial charge in [-0.25, -0.2) is 4.79 Å². The van der Waals surface area contributed by atoms with Crippen LogP contribution in [0.1, 0.15) is 23.6 Å². The van der Waals surface area contributed by atoms with Gasteiger partial charge in [0.25, 0.3) is 0 Å². The number of carboxylic acids is 1. The van der Waals surface area contributed by atoms with Gasteiger partial charge in [0.15, 0.2) is 5.54 Å². The molecule has 0 saturated carbocycles. The fourth-order valence-electron chi connectivity index (χ4n) is 2.33. The van der Waals surface area contributed by atoms with Crippen LogP contribution in [0.3, 0.4) is 0 Å². The second-order valence-electron chi connectivity index (χ2n) is 5.44. The SMILES string of the molecule is Cc1cc(C)cc(C(C)(Nc2ccc(Cl)cc2)C(=O)O)c1. The molecule has 0 bridgehead atoms. The van der Waals surface area contributed by atoms with E-state index in [0.29, 0.717) is 10.7 Å². The summed E-state index contributed by atoms with van der Waals surface area (Å²) in [6.45, 7) is 5.58. The average molecular weight is 304 g/mol. The molecule has 0 fully saturated rings. The van der Waals surface area contributed by atoms with Crippen molar-refractivity contribution in [2.45, 2.75) is 26.3 Å².